The van der Waals surface area contributed by atoms with Gasteiger partial charge in [-0.2, -0.15) is 5.26 Å². The molecule has 0 saturated heterocycles. The zero-order chi connectivity index (χ0) is 10.0. The molecule has 0 atom stereocenters. The number of nitrogens with zero attached hydrogens (tertiary/aromatic N) is 2. The number of benzene rings is 1. The molecule has 4 nitrogen and oxygen atoms in total. The zero-order valence-electron chi connectivity index (χ0n) is 6.19. The Morgan fingerprint density at radius 1 is 1.62 bits per heavy atom. The number of halogens is 1. The Morgan fingerprint density at radius 3 is 2.69 bits per heavy atom. The van der Waals surface area contributed by atoms with Crippen molar-refractivity contribution in [1.82, 2.24) is 0 Å². The molecule has 66 valence electrons. The molecule has 0 aliphatic carbocycles. The molecule has 1 aromatic rings. The molecule has 0 N–H and O–H groups in total. The van der Waals surface area contributed by atoms with E-state index >= 15 is 0 Å². The Hall–Kier alpha value is -1.61. The number of hydrogen-bond donors (Lipinski definition) is 1. The van der Waals surface area contributed by atoms with Crippen molar-refractivity contribution in [3.63, 3.8) is 0 Å². The van der Waals surface area contributed by atoms with E-state index in [4.69, 9.17) is 5.26 Å². The molecular weight excluding hydrogens is 195 g/mol. The Morgan fingerprint density at radius 2 is 2.23 bits per heavy atom. The maximum absolute atomic E-state index is 12.9. The van der Waals surface area contributed by atoms with Crippen LogP contribution in [0, 0.1) is 27.3 Å². The minimum absolute atomic E-state index is 0.143. The third kappa shape index (κ3) is 1.76. The lowest BCUT2D eigenvalue weighted by molar-refractivity contribution is -0.385. The van der Waals surface area contributed by atoms with Crippen LogP contribution in [0.1, 0.15) is 5.56 Å². The SMILES string of the molecule is N#Cc1cc([N+](=O)[O-])cc(F)c1S. The van der Waals surface area contributed by atoms with Crippen molar-refractivity contribution < 1.29 is 9.31 Å². The van der Waals surface area contributed by atoms with Crippen LogP contribution in [0.2, 0.25) is 0 Å². The summed E-state index contributed by atoms with van der Waals surface area (Å²) in [6.07, 6.45) is 0. The van der Waals surface area contributed by atoms with Crippen molar-refractivity contribution in [1.29, 1.82) is 5.26 Å². The summed E-state index contributed by atoms with van der Waals surface area (Å²) in [7, 11) is 0. The van der Waals surface area contributed by atoms with Crippen molar-refractivity contribution >= 4 is 18.3 Å². The van der Waals surface area contributed by atoms with Crippen LogP contribution in [0.25, 0.3) is 0 Å². The summed E-state index contributed by atoms with van der Waals surface area (Å²) >= 11 is 3.69. The molecule has 0 saturated carbocycles. The molecule has 1 aromatic carbocycles. The van der Waals surface area contributed by atoms with Crippen LogP contribution in [0.5, 0.6) is 0 Å². The summed E-state index contributed by atoms with van der Waals surface area (Å²) in [5, 5.41) is 18.7. The maximum atomic E-state index is 12.9. The second kappa shape index (κ2) is 3.41. The van der Waals surface area contributed by atoms with Crippen LogP contribution in [0.3, 0.4) is 0 Å². The van der Waals surface area contributed by atoms with Gasteiger partial charge in [-0.05, 0) is 0 Å². The first kappa shape index (κ1) is 9.48. The molecule has 1 rings (SSSR count). The number of nitriles is 1. The van der Waals surface area contributed by atoms with E-state index in [-0.39, 0.29) is 10.5 Å². The highest BCUT2D eigenvalue weighted by Crippen LogP contribution is 2.23. The Labute approximate surface area is 78.2 Å². The fourth-order valence-electron chi connectivity index (χ4n) is 0.775. The number of nitro benzene ring substituents is 1. The van der Waals surface area contributed by atoms with E-state index in [2.05, 4.69) is 12.6 Å². The van der Waals surface area contributed by atoms with Crippen LogP contribution in [-0.2, 0) is 0 Å². The smallest absolute Gasteiger partial charge is 0.258 e. The molecule has 0 aliphatic heterocycles. The van der Waals surface area contributed by atoms with E-state index in [0.29, 0.717) is 0 Å². The van der Waals surface area contributed by atoms with Gasteiger partial charge in [0.2, 0.25) is 0 Å². The van der Waals surface area contributed by atoms with Gasteiger partial charge in [0, 0.05) is 6.07 Å². The number of rotatable bonds is 1. The van der Waals surface area contributed by atoms with Crippen LogP contribution in [0.15, 0.2) is 17.0 Å². The van der Waals surface area contributed by atoms with Crippen LogP contribution < -0.4 is 0 Å². The average Bonchev–Trinajstić information content (AvgIpc) is 2.09. The summed E-state index contributed by atoms with van der Waals surface area (Å²) in [6, 6.07) is 3.31. The Kier molecular flexibility index (Phi) is 2.49. The summed E-state index contributed by atoms with van der Waals surface area (Å²) in [5.74, 6) is -0.867. The van der Waals surface area contributed by atoms with Gasteiger partial charge in [-0.15, -0.1) is 12.6 Å². The third-order valence-corrected chi connectivity index (χ3v) is 1.83. The highest BCUT2D eigenvalue weighted by atomic mass is 32.1. The summed E-state index contributed by atoms with van der Waals surface area (Å²) in [4.78, 5) is 9.30. The van der Waals surface area contributed by atoms with Crippen LogP contribution in [0.4, 0.5) is 10.1 Å². The van der Waals surface area contributed by atoms with Gasteiger partial charge < -0.3 is 0 Å². The van der Waals surface area contributed by atoms with Crippen molar-refractivity contribution in [2.24, 2.45) is 0 Å². The molecule has 0 radical (unpaired) electrons. The van der Waals surface area contributed by atoms with Gasteiger partial charge in [0.25, 0.3) is 5.69 Å². The predicted molar refractivity (Wildman–Crippen MR) is 45.0 cm³/mol. The van der Waals surface area contributed by atoms with E-state index in [1.165, 1.54) is 0 Å². The lowest BCUT2D eigenvalue weighted by atomic mass is 10.2. The second-order valence-corrected chi connectivity index (χ2v) is 2.64. The Bertz CT molecular complexity index is 414. The van der Waals surface area contributed by atoms with E-state index in [9.17, 15) is 14.5 Å². The van der Waals surface area contributed by atoms with Crippen molar-refractivity contribution in [3.8, 4) is 6.07 Å². The highest BCUT2D eigenvalue weighted by Gasteiger charge is 2.13. The molecule has 13 heavy (non-hydrogen) atoms. The fourth-order valence-corrected chi connectivity index (χ4v) is 0.954. The predicted octanol–water partition coefficient (Wildman–Crippen LogP) is 1.89. The van der Waals surface area contributed by atoms with Gasteiger partial charge in [-0.1, -0.05) is 0 Å². The lowest BCUT2D eigenvalue weighted by Gasteiger charge is -1.97. The minimum atomic E-state index is -0.867. The Balaban J connectivity index is 3.41. The summed E-state index contributed by atoms with van der Waals surface area (Å²) in [5.41, 5.74) is -0.595. The summed E-state index contributed by atoms with van der Waals surface area (Å²) in [6.45, 7) is 0. The van der Waals surface area contributed by atoms with Gasteiger partial charge >= 0.3 is 0 Å². The van der Waals surface area contributed by atoms with Crippen LogP contribution in [-0.4, -0.2) is 4.92 Å². The molecule has 0 amide bonds. The number of hydrogen-bond acceptors (Lipinski definition) is 4. The van der Waals surface area contributed by atoms with Gasteiger partial charge in [0.05, 0.1) is 21.4 Å². The first-order valence-corrected chi connectivity index (χ1v) is 3.58. The minimum Gasteiger partial charge on any atom is -0.258 e. The molecule has 0 heterocycles. The highest BCUT2D eigenvalue weighted by molar-refractivity contribution is 7.80. The zero-order valence-corrected chi connectivity index (χ0v) is 7.09. The molecule has 0 spiro atoms. The van der Waals surface area contributed by atoms with E-state index in [0.717, 1.165) is 12.1 Å². The molecular formula is C7H3FN2O2S. The quantitative estimate of drug-likeness (QED) is 0.425. The molecule has 0 fully saturated rings. The average molecular weight is 198 g/mol. The molecule has 0 unspecified atom stereocenters. The summed E-state index contributed by atoms with van der Waals surface area (Å²) < 4.78 is 12.9. The van der Waals surface area contributed by atoms with E-state index < -0.39 is 16.4 Å². The van der Waals surface area contributed by atoms with Crippen molar-refractivity contribution in [2.75, 3.05) is 0 Å². The normalized spacial score (nSPS) is 9.31. The molecule has 6 heteroatoms. The van der Waals surface area contributed by atoms with E-state index in [1.54, 1.807) is 6.07 Å². The van der Waals surface area contributed by atoms with Gasteiger partial charge in [0.1, 0.15) is 11.9 Å². The molecule has 0 bridgehead atoms. The van der Waals surface area contributed by atoms with Gasteiger partial charge in [-0.3, -0.25) is 10.1 Å². The number of nitro groups is 1. The van der Waals surface area contributed by atoms with Crippen LogP contribution >= 0.6 is 12.6 Å². The largest absolute Gasteiger partial charge is 0.273 e. The monoisotopic (exact) mass is 198 g/mol. The first-order valence-electron chi connectivity index (χ1n) is 3.13. The molecule has 0 aromatic heterocycles. The van der Waals surface area contributed by atoms with Crippen molar-refractivity contribution in [2.45, 2.75) is 4.90 Å². The van der Waals surface area contributed by atoms with Gasteiger partial charge in [-0.25, -0.2) is 4.39 Å². The fraction of sp³-hybridized carbons (Fsp3) is 0. The number of non-ortho nitro benzene ring substituents is 1. The first-order chi connectivity index (χ1) is 6.06. The van der Waals surface area contributed by atoms with Crippen molar-refractivity contribution in [3.05, 3.63) is 33.6 Å². The number of thiol groups is 1. The maximum Gasteiger partial charge on any atom is 0.273 e. The van der Waals surface area contributed by atoms with Gasteiger partial charge in [0.15, 0.2) is 0 Å². The molecule has 0 aliphatic rings. The third-order valence-electron chi connectivity index (χ3n) is 1.38. The second-order valence-electron chi connectivity index (χ2n) is 2.19. The lowest BCUT2D eigenvalue weighted by Crippen LogP contribution is -1.92. The van der Waals surface area contributed by atoms with E-state index in [1.807, 2.05) is 0 Å². The standard InChI is InChI=1S/C7H3FN2O2S/c8-6-2-5(10(11)12)1-4(3-9)7(6)13/h1-2,13H. The topological polar surface area (TPSA) is 66.9 Å².